The summed E-state index contributed by atoms with van der Waals surface area (Å²) in [7, 11) is 0. The minimum atomic E-state index is 0. The van der Waals surface area contributed by atoms with Gasteiger partial charge < -0.3 is 0 Å². The van der Waals surface area contributed by atoms with E-state index >= 15 is 0 Å². The number of hydrogen-bond donors (Lipinski definition) is 0. The Kier molecular flexibility index (Phi) is 61.3. The first kappa shape index (κ1) is 45.9. The van der Waals surface area contributed by atoms with Gasteiger partial charge in [0, 0.05) is 0 Å². The van der Waals surface area contributed by atoms with Crippen LogP contribution in [0.2, 0.25) is 0 Å². The van der Waals surface area contributed by atoms with Gasteiger partial charge >= 0.3 is 0 Å². The topological polar surface area (TPSA) is 0 Å². The van der Waals surface area contributed by atoms with E-state index in [0.29, 0.717) is 0 Å². The highest BCUT2D eigenvalue weighted by Crippen LogP contribution is 2.14. The zero-order valence-electron chi connectivity index (χ0n) is 27.4. The first-order valence-corrected chi connectivity index (χ1v) is 17.0. The maximum atomic E-state index is 2.33. The molecule has 0 heterocycles. The highest BCUT2D eigenvalue weighted by atomic mass is 14.0. The van der Waals surface area contributed by atoms with E-state index < -0.39 is 0 Å². The lowest BCUT2D eigenvalue weighted by atomic mass is 10.0. The van der Waals surface area contributed by atoms with Gasteiger partial charge in [0.25, 0.3) is 0 Å². The second kappa shape index (κ2) is 48.1. The standard InChI is InChI=1S/C16H34.C15H32.2C2H6.CH4/c1-4-5-6-7-8-9-10-11-12-13-14-15-16(2)3;1-4-5-6-7-8-9-10-11-12-13-14-15(2)3;2*1-2;/h16H,4-15H2,1-3H3;15H,4-14H2,1-3H3;2*1-2H3;1H4. The smallest absolute Gasteiger partial charge is 0.0471 e. The van der Waals surface area contributed by atoms with Crippen LogP contribution in [0.25, 0.3) is 0 Å². The van der Waals surface area contributed by atoms with Crippen LogP contribution in [-0.4, -0.2) is 0 Å². The molecule has 0 aromatic heterocycles. The van der Waals surface area contributed by atoms with Gasteiger partial charge in [-0.1, -0.05) is 224 Å². The fraction of sp³-hybridized carbons (Fsp3) is 1.00. The molecule has 0 amide bonds. The summed E-state index contributed by atoms with van der Waals surface area (Å²) in [6.45, 7) is 21.9. The molecule has 0 aromatic rings. The summed E-state index contributed by atoms with van der Waals surface area (Å²) in [6.07, 6.45) is 33.5. The van der Waals surface area contributed by atoms with Gasteiger partial charge in [-0.15, -0.1) is 0 Å². The van der Waals surface area contributed by atoms with Crippen molar-refractivity contribution in [3.63, 3.8) is 0 Å². The maximum Gasteiger partial charge on any atom is -0.0471 e. The zero-order valence-corrected chi connectivity index (χ0v) is 27.4. The van der Waals surface area contributed by atoms with Crippen molar-refractivity contribution < 1.29 is 0 Å². The van der Waals surface area contributed by atoms with Crippen molar-refractivity contribution in [1.82, 2.24) is 0 Å². The van der Waals surface area contributed by atoms with Gasteiger partial charge in [0.15, 0.2) is 0 Å². The van der Waals surface area contributed by atoms with Crippen LogP contribution in [0.4, 0.5) is 0 Å². The third kappa shape index (κ3) is 59.2. The van der Waals surface area contributed by atoms with Crippen molar-refractivity contribution in [2.45, 2.75) is 224 Å². The predicted octanol–water partition coefficient (Wildman–Crippen LogP) is 15.0. The Hall–Kier alpha value is 0. The summed E-state index contributed by atoms with van der Waals surface area (Å²) in [6, 6.07) is 0. The van der Waals surface area contributed by atoms with E-state index in [-0.39, 0.29) is 7.43 Å². The quantitative estimate of drug-likeness (QED) is 0.119. The van der Waals surface area contributed by atoms with Gasteiger partial charge in [0.1, 0.15) is 0 Å². The summed E-state index contributed by atoms with van der Waals surface area (Å²) < 4.78 is 0. The van der Waals surface area contributed by atoms with Crippen molar-refractivity contribution in [2.24, 2.45) is 11.8 Å². The van der Waals surface area contributed by atoms with Gasteiger partial charge in [0.2, 0.25) is 0 Å². The number of unbranched alkanes of at least 4 members (excludes halogenated alkanes) is 19. The summed E-state index contributed by atoms with van der Waals surface area (Å²) in [5, 5.41) is 0. The molecule has 0 nitrogen and oxygen atoms in total. The normalized spacial score (nSPS) is 10.0. The van der Waals surface area contributed by atoms with Crippen LogP contribution in [0.1, 0.15) is 224 Å². The minimum Gasteiger partial charge on any atom is -0.0776 e. The number of rotatable bonds is 23. The lowest BCUT2D eigenvalue weighted by Crippen LogP contribution is -1.87. The van der Waals surface area contributed by atoms with E-state index in [1.807, 2.05) is 27.7 Å². The molecular formula is C36H82. The third-order valence-electron chi connectivity index (χ3n) is 6.52. The third-order valence-corrected chi connectivity index (χ3v) is 6.52. The van der Waals surface area contributed by atoms with E-state index in [1.165, 1.54) is 148 Å². The Morgan fingerprint density at radius 3 is 0.639 bits per heavy atom. The lowest BCUT2D eigenvalue weighted by Gasteiger charge is -2.04. The molecular weight excluding hydrogens is 432 g/mol. The van der Waals surface area contributed by atoms with Crippen LogP contribution < -0.4 is 0 Å². The molecule has 0 heteroatoms. The molecule has 0 saturated carbocycles. The average Bonchev–Trinajstić information content (AvgIpc) is 2.86. The summed E-state index contributed by atoms with van der Waals surface area (Å²) in [5.74, 6) is 1.80. The Morgan fingerprint density at radius 2 is 0.472 bits per heavy atom. The Morgan fingerprint density at radius 1 is 0.306 bits per heavy atom. The van der Waals surface area contributed by atoms with Crippen LogP contribution in [0.15, 0.2) is 0 Å². The molecule has 0 fully saturated rings. The minimum absolute atomic E-state index is 0. The van der Waals surface area contributed by atoms with Crippen LogP contribution in [-0.2, 0) is 0 Å². The monoisotopic (exact) mass is 515 g/mol. The molecule has 36 heavy (non-hydrogen) atoms. The van der Waals surface area contributed by atoms with Crippen molar-refractivity contribution >= 4 is 0 Å². The predicted molar refractivity (Wildman–Crippen MR) is 177 cm³/mol. The fourth-order valence-electron chi connectivity index (χ4n) is 4.26. The van der Waals surface area contributed by atoms with Gasteiger partial charge in [-0.05, 0) is 11.8 Å². The van der Waals surface area contributed by atoms with Crippen LogP contribution >= 0.6 is 0 Å². The SMILES string of the molecule is C.CC.CC.CCCCCCCCCCCCC(C)C.CCCCCCCCCCCCCC(C)C. The molecule has 0 rings (SSSR count). The largest absolute Gasteiger partial charge is 0.0776 e. The van der Waals surface area contributed by atoms with E-state index in [2.05, 4.69) is 41.5 Å². The average molecular weight is 515 g/mol. The van der Waals surface area contributed by atoms with Gasteiger partial charge in [-0.3, -0.25) is 0 Å². The van der Waals surface area contributed by atoms with E-state index in [4.69, 9.17) is 0 Å². The number of hydrogen-bond acceptors (Lipinski definition) is 0. The molecule has 0 aromatic carbocycles. The fourth-order valence-corrected chi connectivity index (χ4v) is 4.26. The van der Waals surface area contributed by atoms with Crippen molar-refractivity contribution in [3.05, 3.63) is 0 Å². The Bertz CT molecular complexity index is 278. The van der Waals surface area contributed by atoms with Gasteiger partial charge in [-0.2, -0.15) is 0 Å². The lowest BCUT2D eigenvalue weighted by molar-refractivity contribution is 0.504. The van der Waals surface area contributed by atoms with E-state index in [9.17, 15) is 0 Å². The van der Waals surface area contributed by atoms with Crippen LogP contribution in [0, 0.1) is 11.8 Å². The highest BCUT2D eigenvalue weighted by Gasteiger charge is 1.96. The summed E-state index contributed by atoms with van der Waals surface area (Å²) in [4.78, 5) is 0. The molecule has 0 spiro atoms. The Labute approximate surface area is 236 Å². The van der Waals surface area contributed by atoms with Gasteiger partial charge in [0.05, 0.1) is 0 Å². The molecule has 0 radical (unpaired) electrons. The first-order chi connectivity index (χ1) is 17.0. The van der Waals surface area contributed by atoms with Crippen molar-refractivity contribution in [3.8, 4) is 0 Å². The first-order valence-electron chi connectivity index (χ1n) is 17.0. The summed E-state index contributed by atoms with van der Waals surface area (Å²) in [5.41, 5.74) is 0. The summed E-state index contributed by atoms with van der Waals surface area (Å²) >= 11 is 0. The highest BCUT2D eigenvalue weighted by molar-refractivity contribution is 4.51. The van der Waals surface area contributed by atoms with Crippen molar-refractivity contribution in [2.75, 3.05) is 0 Å². The zero-order chi connectivity index (χ0) is 27.4. The molecule has 226 valence electrons. The molecule has 0 saturated heterocycles. The second-order valence-corrected chi connectivity index (χ2v) is 11.1. The van der Waals surface area contributed by atoms with Crippen molar-refractivity contribution in [1.29, 1.82) is 0 Å². The molecule has 0 unspecified atom stereocenters. The van der Waals surface area contributed by atoms with Crippen LogP contribution in [0.5, 0.6) is 0 Å². The molecule has 0 atom stereocenters. The van der Waals surface area contributed by atoms with E-state index in [0.717, 1.165) is 11.8 Å². The van der Waals surface area contributed by atoms with E-state index in [1.54, 1.807) is 0 Å². The van der Waals surface area contributed by atoms with Gasteiger partial charge in [-0.25, -0.2) is 0 Å². The molecule has 0 aliphatic carbocycles. The molecule has 0 aliphatic heterocycles. The molecule has 0 N–H and O–H groups in total. The maximum absolute atomic E-state index is 2.33. The van der Waals surface area contributed by atoms with Crippen LogP contribution in [0.3, 0.4) is 0 Å². The molecule has 0 bridgehead atoms. The molecule has 0 aliphatic rings. The Balaban J connectivity index is -0.000000152. The second-order valence-electron chi connectivity index (χ2n) is 11.1.